The lowest BCUT2D eigenvalue weighted by atomic mass is 10.0. The first-order chi connectivity index (χ1) is 11.1. The molecule has 0 spiro atoms. The van der Waals surface area contributed by atoms with Crippen molar-refractivity contribution in [3.8, 4) is 0 Å². The van der Waals surface area contributed by atoms with Crippen LogP contribution < -0.4 is 5.32 Å². The molecule has 1 fully saturated rings. The summed E-state index contributed by atoms with van der Waals surface area (Å²) < 4.78 is 0. The van der Waals surface area contributed by atoms with Gasteiger partial charge in [0.25, 0.3) is 11.6 Å². The molecule has 1 aliphatic carbocycles. The number of nitro benzene ring substituents is 1. The Hall–Kier alpha value is -2.40. The van der Waals surface area contributed by atoms with E-state index in [4.69, 9.17) is 11.6 Å². The monoisotopic (exact) mass is 330 g/mol. The van der Waals surface area contributed by atoms with E-state index in [-0.39, 0.29) is 22.3 Å². The van der Waals surface area contributed by atoms with Crippen molar-refractivity contribution in [1.82, 2.24) is 5.32 Å². The third-order valence-electron chi connectivity index (χ3n) is 3.94. The van der Waals surface area contributed by atoms with E-state index in [1.54, 1.807) is 0 Å². The number of benzene rings is 2. The number of nitro groups is 1. The third-order valence-corrected chi connectivity index (χ3v) is 4.17. The Balaban J connectivity index is 1.87. The zero-order chi connectivity index (χ0) is 16.4. The lowest BCUT2D eigenvalue weighted by Crippen LogP contribution is -2.30. The van der Waals surface area contributed by atoms with Crippen molar-refractivity contribution in [2.45, 2.75) is 18.9 Å². The van der Waals surface area contributed by atoms with E-state index >= 15 is 0 Å². The van der Waals surface area contributed by atoms with E-state index in [2.05, 4.69) is 5.32 Å². The van der Waals surface area contributed by atoms with Gasteiger partial charge >= 0.3 is 0 Å². The van der Waals surface area contributed by atoms with Crippen LogP contribution in [-0.4, -0.2) is 10.8 Å². The molecule has 1 aliphatic rings. The van der Waals surface area contributed by atoms with Crippen LogP contribution >= 0.6 is 11.6 Å². The maximum Gasteiger partial charge on any atom is 0.283 e. The maximum absolute atomic E-state index is 12.5. The van der Waals surface area contributed by atoms with Crippen LogP contribution in [0.2, 0.25) is 5.02 Å². The predicted molar refractivity (Wildman–Crippen MR) is 87.5 cm³/mol. The second kappa shape index (κ2) is 6.38. The summed E-state index contributed by atoms with van der Waals surface area (Å²) in [5.41, 5.74) is 0.763. The third kappa shape index (κ3) is 3.51. The van der Waals surface area contributed by atoms with Crippen molar-refractivity contribution >= 4 is 23.2 Å². The highest BCUT2D eigenvalue weighted by Crippen LogP contribution is 2.41. The van der Waals surface area contributed by atoms with Gasteiger partial charge in [-0.25, -0.2) is 0 Å². The first kappa shape index (κ1) is 15.5. The molecule has 0 bridgehead atoms. The summed E-state index contributed by atoms with van der Waals surface area (Å²) in [6.45, 7) is 0. The number of rotatable bonds is 5. The van der Waals surface area contributed by atoms with Gasteiger partial charge in [0.15, 0.2) is 0 Å². The molecule has 0 saturated heterocycles. The predicted octanol–water partition coefficient (Wildman–Crippen LogP) is 4.13. The van der Waals surface area contributed by atoms with Crippen LogP contribution in [0.4, 0.5) is 5.69 Å². The highest BCUT2D eigenvalue weighted by Gasteiger charge is 2.34. The van der Waals surface area contributed by atoms with Gasteiger partial charge in [-0.3, -0.25) is 14.9 Å². The second-order valence-electron chi connectivity index (χ2n) is 5.62. The standard InChI is InChI=1S/C17H15ClN2O3/c18-13-8-9-14(15(10-13)20(22)23)17(21)19-16(12-6-7-12)11-4-2-1-3-5-11/h1-5,8-10,12,16H,6-7H2,(H,19,21). The Labute approximate surface area is 138 Å². The Morgan fingerprint density at radius 1 is 1.22 bits per heavy atom. The molecule has 6 heteroatoms. The van der Waals surface area contributed by atoms with Gasteiger partial charge in [0, 0.05) is 11.1 Å². The lowest BCUT2D eigenvalue weighted by Gasteiger charge is -2.19. The van der Waals surface area contributed by atoms with Crippen LogP contribution in [0.5, 0.6) is 0 Å². The van der Waals surface area contributed by atoms with Crippen molar-refractivity contribution in [3.63, 3.8) is 0 Å². The highest BCUT2D eigenvalue weighted by molar-refractivity contribution is 6.31. The molecular formula is C17H15ClN2O3. The van der Waals surface area contributed by atoms with E-state index in [1.807, 2.05) is 30.3 Å². The van der Waals surface area contributed by atoms with Crippen LogP contribution in [0.25, 0.3) is 0 Å². The largest absolute Gasteiger partial charge is 0.345 e. The van der Waals surface area contributed by atoms with Gasteiger partial charge < -0.3 is 5.32 Å². The minimum atomic E-state index is -0.588. The molecule has 1 saturated carbocycles. The van der Waals surface area contributed by atoms with Crippen molar-refractivity contribution < 1.29 is 9.72 Å². The number of hydrogen-bond donors (Lipinski definition) is 1. The zero-order valence-corrected chi connectivity index (χ0v) is 13.0. The summed E-state index contributed by atoms with van der Waals surface area (Å²) in [4.78, 5) is 23.1. The van der Waals surface area contributed by atoms with Gasteiger partial charge in [0.1, 0.15) is 5.56 Å². The van der Waals surface area contributed by atoms with Crippen molar-refractivity contribution in [3.05, 3.63) is 74.8 Å². The van der Waals surface area contributed by atoms with Gasteiger partial charge in [0.05, 0.1) is 11.0 Å². The molecule has 2 aromatic carbocycles. The van der Waals surface area contributed by atoms with Crippen molar-refractivity contribution in [1.29, 1.82) is 0 Å². The lowest BCUT2D eigenvalue weighted by molar-refractivity contribution is -0.385. The highest BCUT2D eigenvalue weighted by atomic mass is 35.5. The zero-order valence-electron chi connectivity index (χ0n) is 12.2. The number of hydrogen-bond acceptors (Lipinski definition) is 3. The molecule has 1 atom stereocenters. The minimum Gasteiger partial charge on any atom is -0.345 e. The average Bonchev–Trinajstić information content (AvgIpc) is 3.37. The fraction of sp³-hybridized carbons (Fsp3) is 0.235. The quantitative estimate of drug-likeness (QED) is 0.661. The van der Waals surface area contributed by atoms with Gasteiger partial charge in [-0.05, 0) is 36.5 Å². The van der Waals surface area contributed by atoms with Gasteiger partial charge in [0.2, 0.25) is 0 Å². The van der Waals surface area contributed by atoms with Crippen LogP contribution in [-0.2, 0) is 0 Å². The van der Waals surface area contributed by atoms with Gasteiger partial charge in [-0.15, -0.1) is 0 Å². The van der Waals surface area contributed by atoms with Crippen LogP contribution in [0.15, 0.2) is 48.5 Å². The Morgan fingerprint density at radius 2 is 1.91 bits per heavy atom. The molecule has 1 unspecified atom stereocenters. The van der Waals surface area contributed by atoms with E-state index in [1.165, 1.54) is 18.2 Å². The SMILES string of the molecule is O=C(NC(c1ccccc1)C1CC1)c1ccc(Cl)cc1[N+](=O)[O-]. The molecule has 2 aromatic rings. The van der Waals surface area contributed by atoms with Crippen molar-refractivity contribution in [2.75, 3.05) is 0 Å². The molecule has 0 radical (unpaired) electrons. The van der Waals surface area contributed by atoms with Crippen LogP contribution in [0.3, 0.4) is 0 Å². The number of carbonyl (C=O) groups excluding carboxylic acids is 1. The van der Waals surface area contributed by atoms with Crippen LogP contribution in [0.1, 0.15) is 34.8 Å². The van der Waals surface area contributed by atoms with E-state index in [9.17, 15) is 14.9 Å². The molecule has 1 N–H and O–H groups in total. The number of halogens is 1. The number of nitrogens with zero attached hydrogens (tertiary/aromatic N) is 1. The average molecular weight is 331 g/mol. The van der Waals surface area contributed by atoms with E-state index in [0.717, 1.165) is 18.4 Å². The smallest absolute Gasteiger partial charge is 0.283 e. The summed E-state index contributed by atoms with van der Waals surface area (Å²) in [7, 11) is 0. The molecule has 0 aromatic heterocycles. The van der Waals surface area contributed by atoms with Crippen LogP contribution in [0, 0.1) is 16.0 Å². The van der Waals surface area contributed by atoms with E-state index in [0.29, 0.717) is 5.92 Å². The molecule has 118 valence electrons. The molecule has 5 nitrogen and oxygen atoms in total. The number of nitrogens with one attached hydrogen (secondary N) is 1. The normalized spacial score (nSPS) is 15.0. The molecule has 3 rings (SSSR count). The summed E-state index contributed by atoms with van der Waals surface area (Å²) in [5, 5.41) is 14.3. The molecular weight excluding hydrogens is 316 g/mol. The summed E-state index contributed by atoms with van der Waals surface area (Å²) >= 11 is 5.79. The molecule has 23 heavy (non-hydrogen) atoms. The van der Waals surface area contributed by atoms with Crippen molar-refractivity contribution in [2.24, 2.45) is 5.92 Å². The Bertz CT molecular complexity index is 745. The van der Waals surface area contributed by atoms with E-state index < -0.39 is 10.8 Å². The summed E-state index contributed by atoms with van der Waals surface area (Å²) in [6.07, 6.45) is 2.09. The molecule has 0 heterocycles. The first-order valence-electron chi connectivity index (χ1n) is 7.36. The van der Waals surface area contributed by atoms with Gasteiger partial charge in [-0.1, -0.05) is 41.9 Å². The second-order valence-corrected chi connectivity index (χ2v) is 6.05. The van der Waals surface area contributed by atoms with Gasteiger partial charge in [-0.2, -0.15) is 0 Å². The summed E-state index contributed by atoms with van der Waals surface area (Å²) in [6, 6.07) is 13.6. The fourth-order valence-corrected chi connectivity index (χ4v) is 2.80. The number of carbonyl (C=O) groups is 1. The Morgan fingerprint density at radius 3 is 2.52 bits per heavy atom. The first-order valence-corrected chi connectivity index (χ1v) is 7.74. The Kier molecular flexibility index (Phi) is 4.30. The molecule has 0 aliphatic heterocycles. The summed E-state index contributed by atoms with van der Waals surface area (Å²) in [5.74, 6) is -0.0678. The topological polar surface area (TPSA) is 72.2 Å². The number of amides is 1. The minimum absolute atomic E-state index is 0.0287. The molecule has 1 amide bonds. The maximum atomic E-state index is 12.5. The fourth-order valence-electron chi connectivity index (χ4n) is 2.63.